The van der Waals surface area contributed by atoms with Crippen LogP contribution in [0.4, 0.5) is 5.69 Å². The highest BCUT2D eigenvalue weighted by molar-refractivity contribution is 7.85. The van der Waals surface area contributed by atoms with Crippen LogP contribution >= 0.6 is 0 Å². The SMILES string of the molecule is Cc1ccc(C(=O)Nc2ccc(S(=O)(=O)O)cc2)cc1. The monoisotopic (exact) mass is 291 g/mol. The zero-order valence-corrected chi connectivity index (χ0v) is 11.5. The number of hydrogen-bond acceptors (Lipinski definition) is 3. The number of amides is 1. The standard InChI is InChI=1S/C14H13NO4S/c1-10-2-4-11(5-3-10)14(16)15-12-6-8-13(9-7-12)20(17,18)19/h2-9H,1H3,(H,15,16)(H,17,18,19). The fourth-order valence-corrected chi connectivity index (χ4v) is 2.10. The average Bonchev–Trinajstić information content (AvgIpc) is 2.39. The van der Waals surface area contributed by atoms with Gasteiger partial charge in [-0.2, -0.15) is 8.42 Å². The first kappa shape index (κ1) is 14.2. The third kappa shape index (κ3) is 3.43. The zero-order valence-electron chi connectivity index (χ0n) is 10.7. The van der Waals surface area contributed by atoms with Gasteiger partial charge in [-0.15, -0.1) is 0 Å². The lowest BCUT2D eigenvalue weighted by atomic mass is 10.1. The summed E-state index contributed by atoms with van der Waals surface area (Å²) in [4.78, 5) is 11.7. The van der Waals surface area contributed by atoms with E-state index in [9.17, 15) is 13.2 Å². The van der Waals surface area contributed by atoms with Gasteiger partial charge in [0.15, 0.2) is 0 Å². The Bertz CT molecular complexity index is 719. The first-order chi connectivity index (χ1) is 9.36. The van der Waals surface area contributed by atoms with E-state index in [4.69, 9.17) is 4.55 Å². The van der Waals surface area contributed by atoms with Gasteiger partial charge in [0.25, 0.3) is 16.0 Å². The quantitative estimate of drug-likeness (QED) is 0.851. The smallest absolute Gasteiger partial charge is 0.294 e. The van der Waals surface area contributed by atoms with E-state index >= 15 is 0 Å². The van der Waals surface area contributed by atoms with E-state index in [2.05, 4.69) is 5.32 Å². The summed E-state index contributed by atoms with van der Waals surface area (Å²) in [5, 5.41) is 2.64. The molecule has 2 rings (SSSR count). The van der Waals surface area contributed by atoms with Crippen molar-refractivity contribution >= 4 is 21.7 Å². The van der Waals surface area contributed by atoms with Gasteiger partial charge >= 0.3 is 0 Å². The molecule has 6 heteroatoms. The van der Waals surface area contributed by atoms with Crippen LogP contribution in [0.1, 0.15) is 15.9 Å². The summed E-state index contributed by atoms with van der Waals surface area (Å²) < 4.78 is 30.6. The van der Waals surface area contributed by atoms with Gasteiger partial charge in [0.05, 0.1) is 4.90 Å². The molecule has 0 aliphatic carbocycles. The summed E-state index contributed by atoms with van der Waals surface area (Å²) in [6, 6.07) is 12.3. The summed E-state index contributed by atoms with van der Waals surface area (Å²) in [7, 11) is -4.22. The minimum Gasteiger partial charge on any atom is -0.322 e. The molecule has 2 aromatic carbocycles. The third-order valence-electron chi connectivity index (χ3n) is 2.72. The van der Waals surface area contributed by atoms with Crippen LogP contribution in [-0.4, -0.2) is 18.9 Å². The van der Waals surface area contributed by atoms with Crippen LogP contribution in [0.3, 0.4) is 0 Å². The highest BCUT2D eigenvalue weighted by Crippen LogP contribution is 2.15. The molecule has 0 aliphatic heterocycles. The molecular weight excluding hydrogens is 278 g/mol. The zero-order chi connectivity index (χ0) is 14.8. The molecule has 1 amide bonds. The van der Waals surface area contributed by atoms with E-state index in [1.165, 1.54) is 24.3 Å². The largest absolute Gasteiger partial charge is 0.322 e. The van der Waals surface area contributed by atoms with Crippen molar-refractivity contribution in [3.05, 3.63) is 59.7 Å². The van der Waals surface area contributed by atoms with Crippen LogP contribution in [0.5, 0.6) is 0 Å². The van der Waals surface area contributed by atoms with Crippen LogP contribution in [-0.2, 0) is 10.1 Å². The second kappa shape index (κ2) is 5.44. The maximum Gasteiger partial charge on any atom is 0.294 e. The molecule has 2 N–H and O–H groups in total. The minimum absolute atomic E-state index is 0.217. The Morgan fingerprint density at radius 2 is 1.55 bits per heavy atom. The van der Waals surface area contributed by atoms with Gasteiger partial charge in [0.2, 0.25) is 0 Å². The van der Waals surface area contributed by atoms with E-state index < -0.39 is 10.1 Å². The molecule has 0 atom stereocenters. The van der Waals surface area contributed by atoms with Crippen molar-refractivity contribution in [3.63, 3.8) is 0 Å². The predicted molar refractivity (Wildman–Crippen MR) is 75.4 cm³/mol. The maximum atomic E-state index is 11.9. The average molecular weight is 291 g/mol. The molecule has 0 unspecified atom stereocenters. The molecule has 0 saturated heterocycles. The second-order valence-corrected chi connectivity index (χ2v) is 5.74. The molecule has 0 aromatic heterocycles. The van der Waals surface area contributed by atoms with Crippen LogP contribution in [0.25, 0.3) is 0 Å². The highest BCUT2D eigenvalue weighted by Gasteiger charge is 2.10. The van der Waals surface area contributed by atoms with Crippen molar-refractivity contribution in [3.8, 4) is 0 Å². The number of carbonyl (C=O) groups is 1. The van der Waals surface area contributed by atoms with E-state index in [1.807, 2.05) is 19.1 Å². The molecule has 2 aromatic rings. The molecule has 0 heterocycles. The highest BCUT2D eigenvalue weighted by atomic mass is 32.2. The van der Waals surface area contributed by atoms with E-state index in [1.54, 1.807) is 12.1 Å². The van der Waals surface area contributed by atoms with Gasteiger partial charge in [-0.3, -0.25) is 9.35 Å². The summed E-state index contributed by atoms with van der Waals surface area (Å²) in [5.41, 5.74) is 2.01. The van der Waals surface area contributed by atoms with Gasteiger partial charge in [-0.05, 0) is 43.3 Å². The van der Waals surface area contributed by atoms with Gasteiger partial charge in [0.1, 0.15) is 0 Å². The Labute approximate surface area is 117 Å². The van der Waals surface area contributed by atoms with Gasteiger partial charge in [0, 0.05) is 11.3 Å². The molecule has 0 bridgehead atoms. The van der Waals surface area contributed by atoms with Crippen molar-refractivity contribution in [2.45, 2.75) is 11.8 Å². The number of carbonyl (C=O) groups excluding carboxylic acids is 1. The molecule has 0 fully saturated rings. The summed E-state index contributed by atoms with van der Waals surface area (Å²) >= 11 is 0. The van der Waals surface area contributed by atoms with Crippen LogP contribution in [0, 0.1) is 6.92 Å². The van der Waals surface area contributed by atoms with Crippen molar-refractivity contribution in [2.75, 3.05) is 5.32 Å². The Kier molecular flexibility index (Phi) is 3.87. The molecule has 0 aliphatic rings. The Balaban J connectivity index is 2.14. The number of anilines is 1. The van der Waals surface area contributed by atoms with Crippen LogP contribution in [0.15, 0.2) is 53.4 Å². The lowest BCUT2D eigenvalue weighted by molar-refractivity contribution is 0.102. The van der Waals surface area contributed by atoms with Crippen LogP contribution in [0.2, 0.25) is 0 Å². The number of benzene rings is 2. The Hall–Kier alpha value is -2.18. The number of rotatable bonds is 3. The maximum absolute atomic E-state index is 11.9. The van der Waals surface area contributed by atoms with Crippen molar-refractivity contribution in [1.82, 2.24) is 0 Å². The second-order valence-electron chi connectivity index (χ2n) is 4.32. The van der Waals surface area contributed by atoms with Gasteiger partial charge in [-0.1, -0.05) is 17.7 Å². The first-order valence-corrected chi connectivity index (χ1v) is 7.26. The fourth-order valence-electron chi connectivity index (χ4n) is 1.62. The lowest BCUT2D eigenvalue weighted by Crippen LogP contribution is -2.11. The molecule has 0 saturated carbocycles. The van der Waals surface area contributed by atoms with E-state index in [0.717, 1.165) is 5.56 Å². The lowest BCUT2D eigenvalue weighted by Gasteiger charge is -2.06. The minimum atomic E-state index is -4.22. The Morgan fingerprint density at radius 1 is 1.00 bits per heavy atom. The number of nitrogens with one attached hydrogen (secondary N) is 1. The van der Waals surface area contributed by atoms with Gasteiger partial charge < -0.3 is 5.32 Å². The first-order valence-electron chi connectivity index (χ1n) is 5.82. The van der Waals surface area contributed by atoms with E-state index in [0.29, 0.717) is 11.3 Å². The van der Waals surface area contributed by atoms with Crippen molar-refractivity contribution < 1.29 is 17.8 Å². The van der Waals surface area contributed by atoms with E-state index in [-0.39, 0.29) is 10.8 Å². The molecule has 0 radical (unpaired) electrons. The third-order valence-corrected chi connectivity index (χ3v) is 3.59. The fraction of sp³-hybridized carbons (Fsp3) is 0.0714. The molecule has 0 spiro atoms. The predicted octanol–water partition coefficient (Wildman–Crippen LogP) is 2.49. The summed E-state index contributed by atoms with van der Waals surface area (Å²) in [6.45, 7) is 1.93. The molecule has 20 heavy (non-hydrogen) atoms. The molecular formula is C14H13NO4S. The van der Waals surface area contributed by atoms with Crippen LogP contribution < -0.4 is 5.32 Å². The number of aryl methyl sites for hydroxylation is 1. The normalized spacial score (nSPS) is 11.1. The van der Waals surface area contributed by atoms with Crippen molar-refractivity contribution in [1.29, 1.82) is 0 Å². The molecule has 5 nitrogen and oxygen atoms in total. The topological polar surface area (TPSA) is 83.5 Å². The molecule has 104 valence electrons. The number of hydrogen-bond donors (Lipinski definition) is 2. The van der Waals surface area contributed by atoms with Crippen molar-refractivity contribution in [2.24, 2.45) is 0 Å². The summed E-state index contributed by atoms with van der Waals surface area (Å²) in [6.07, 6.45) is 0. The van der Waals surface area contributed by atoms with Gasteiger partial charge in [-0.25, -0.2) is 0 Å². The Morgan fingerprint density at radius 3 is 2.05 bits per heavy atom. The summed E-state index contributed by atoms with van der Waals surface area (Å²) in [5.74, 6) is -0.287.